The van der Waals surface area contributed by atoms with Crippen LogP contribution in [-0.2, 0) is 11.3 Å². The lowest BCUT2D eigenvalue weighted by molar-refractivity contribution is -0.116. The highest BCUT2D eigenvalue weighted by molar-refractivity contribution is 5.91. The molecular formula is C16H13N3O2. The highest BCUT2D eigenvalue weighted by atomic mass is 16.3. The molecule has 0 saturated heterocycles. The average molecular weight is 279 g/mol. The minimum absolute atomic E-state index is 0.200. The van der Waals surface area contributed by atoms with Crippen LogP contribution >= 0.6 is 0 Å². The van der Waals surface area contributed by atoms with Crippen molar-refractivity contribution in [3.05, 3.63) is 66.2 Å². The maximum Gasteiger partial charge on any atom is 0.244 e. The van der Waals surface area contributed by atoms with Gasteiger partial charge < -0.3 is 9.73 Å². The Morgan fingerprint density at radius 1 is 1.19 bits per heavy atom. The van der Waals surface area contributed by atoms with Gasteiger partial charge in [0.15, 0.2) is 11.2 Å². The van der Waals surface area contributed by atoms with Crippen LogP contribution < -0.4 is 5.32 Å². The average Bonchev–Trinajstić information content (AvgIpc) is 2.95. The van der Waals surface area contributed by atoms with Crippen LogP contribution in [0.15, 0.2) is 59.2 Å². The zero-order valence-corrected chi connectivity index (χ0v) is 11.2. The molecule has 0 bridgehead atoms. The van der Waals surface area contributed by atoms with Gasteiger partial charge in [0, 0.05) is 12.3 Å². The van der Waals surface area contributed by atoms with Gasteiger partial charge in [-0.3, -0.25) is 4.79 Å². The normalized spacial score (nSPS) is 11.0. The third-order valence-electron chi connectivity index (χ3n) is 2.85. The van der Waals surface area contributed by atoms with Gasteiger partial charge in [-0.15, -0.1) is 0 Å². The molecule has 5 heteroatoms. The molecule has 0 saturated carbocycles. The number of nitrogens with one attached hydrogen (secondary N) is 1. The lowest BCUT2D eigenvalue weighted by Gasteiger charge is -1.97. The number of hydrogen-bond donors (Lipinski definition) is 1. The van der Waals surface area contributed by atoms with Crippen molar-refractivity contribution in [2.45, 2.75) is 6.54 Å². The van der Waals surface area contributed by atoms with E-state index in [1.807, 2.05) is 30.3 Å². The Hall–Kier alpha value is -2.95. The minimum atomic E-state index is -0.200. The first kappa shape index (κ1) is 13.1. The number of carbonyl (C=O) groups is 1. The number of benzene rings is 1. The van der Waals surface area contributed by atoms with E-state index in [0.717, 1.165) is 5.56 Å². The number of oxazole rings is 1. The predicted molar refractivity (Wildman–Crippen MR) is 79.1 cm³/mol. The fraction of sp³-hybridized carbons (Fsp3) is 0.0625. The van der Waals surface area contributed by atoms with Crippen molar-refractivity contribution >= 4 is 23.2 Å². The molecule has 0 aliphatic carbocycles. The molecule has 0 spiro atoms. The molecule has 0 atom stereocenters. The molecule has 2 heterocycles. The van der Waals surface area contributed by atoms with E-state index in [1.54, 1.807) is 24.4 Å². The number of pyridine rings is 1. The van der Waals surface area contributed by atoms with E-state index in [0.29, 0.717) is 17.1 Å². The molecule has 0 aliphatic heterocycles. The maximum absolute atomic E-state index is 11.7. The minimum Gasteiger partial charge on any atom is -0.437 e. The first-order chi connectivity index (χ1) is 10.3. The number of fused-ring (bicyclic) bond motifs is 1. The van der Waals surface area contributed by atoms with Crippen LogP contribution in [-0.4, -0.2) is 15.9 Å². The number of rotatable bonds is 4. The Morgan fingerprint density at radius 2 is 2.05 bits per heavy atom. The second-order valence-electron chi connectivity index (χ2n) is 4.39. The van der Waals surface area contributed by atoms with Gasteiger partial charge in [-0.2, -0.15) is 4.98 Å². The first-order valence-corrected chi connectivity index (χ1v) is 6.53. The van der Waals surface area contributed by atoms with Crippen molar-refractivity contribution in [2.24, 2.45) is 0 Å². The van der Waals surface area contributed by atoms with Crippen LogP contribution in [0.3, 0.4) is 0 Å². The summed E-state index contributed by atoms with van der Waals surface area (Å²) in [6.45, 7) is 0.230. The van der Waals surface area contributed by atoms with Crippen molar-refractivity contribution in [3.8, 4) is 0 Å². The van der Waals surface area contributed by atoms with Crippen molar-refractivity contribution < 1.29 is 9.21 Å². The summed E-state index contributed by atoms with van der Waals surface area (Å²) in [4.78, 5) is 20.0. The fourth-order valence-corrected chi connectivity index (χ4v) is 1.85. The highest BCUT2D eigenvalue weighted by Crippen LogP contribution is 2.11. The van der Waals surface area contributed by atoms with E-state index in [9.17, 15) is 4.79 Å². The summed E-state index contributed by atoms with van der Waals surface area (Å²) < 4.78 is 5.47. The van der Waals surface area contributed by atoms with Gasteiger partial charge in [0.25, 0.3) is 0 Å². The molecule has 1 N–H and O–H groups in total. The van der Waals surface area contributed by atoms with Crippen LogP contribution in [0.1, 0.15) is 11.5 Å². The summed E-state index contributed by atoms with van der Waals surface area (Å²) in [6, 6.07) is 13.2. The Bertz CT molecular complexity index is 745. The smallest absolute Gasteiger partial charge is 0.244 e. The SMILES string of the molecule is O=C(C=Cc1ccccc1)NCc1nc2ncccc2o1. The molecule has 0 aliphatic rings. The van der Waals surface area contributed by atoms with E-state index >= 15 is 0 Å². The number of hydrogen-bond acceptors (Lipinski definition) is 4. The maximum atomic E-state index is 11.7. The lowest BCUT2D eigenvalue weighted by atomic mass is 10.2. The van der Waals surface area contributed by atoms with Crippen LogP contribution in [0.2, 0.25) is 0 Å². The summed E-state index contributed by atoms with van der Waals surface area (Å²) in [5.41, 5.74) is 2.13. The van der Waals surface area contributed by atoms with Crippen LogP contribution in [0, 0.1) is 0 Å². The van der Waals surface area contributed by atoms with E-state index in [4.69, 9.17) is 4.42 Å². The Kier molecular flexibility index (Phi) is 3.73. The van der Waals surface area contributed by atoms with E-state index in [1.165, 1.54) is 6.08 Å². The molecule has 3 aromatic rings. The molecule has 2 aromatic heterocycles. The van der Waals surface area contributed by atoms with Crippen molar-refractivity contribution in [1.29, 1.82) is 0 Å². The summed E-state index contributed by atoms with van der Waals surface area (Å²) in [7, 11) is 0. The largest absolute Gasteiger partial charge is 0.437 e. The van der Waals surface area contributed by atoms with Crippen molar-refractivity contribution in [3.63, 3.8) is 0 Å². The van der Waals surface area contributed by atoms with Crippen LogP contribution in [0.25, 0.3) is 17.3 Å². The number of carbonyl (C=O) groups excluding carboxylic acids is 1. The number of nitrogens with zero attached hydrogens (tertiary/aromatic N) is 2. The third kappa shape index (κ3) is 3.33. The molecule has 21 heavy (non-hydrogen) atoms. The molecule has 3 rings (SSSR count). The molecular weight excluding hydrogens is 266 g/mol. The molecule has 0 radical (unpaired) electrons. The van der Waals surface area contributed by atoms with E-state index in [-0.39, 0.29) is 12.5 Å². The molecule has 5 nitrogen and oxygen atoms in total. The zero-order chi connectivity index (χ0) is 14.5. The van der Waals surface area contributed by atoms with E-state index < -0.39 is 0 Å². The van der Waals surface area contributed by atoms with Gasteiger partial charge in [0.05, 0.1) is 6.54 Å². The lowest BCUT2D eigenvalue weighted by Crippen LogP contribution is -2.20. The Labute approximate surface area is 121 Å². The molecule has 1 amide bonds. The third-order valence-corrected chi connectivity index (χ3v) is 2.85. The van der Waals surface area contributed by atoms with E-state index in [2.05, 4.69) is 15.3 Å². The molecule has 0 fully saturated rings. The van der Waals surface area contributed by atoms with Gasteiger partial charge in [0.2, 0.25) is 11.8 Å². The summed E-state index contributed by atoms with van der Waals surface area (Å²) in [5.74, 6) is 0.235. The molecule has 104 valence electrons. The standard InChI is InChI=1S/C16H13N3O2/c20-14(9-8-12-5-2-1-3-6-12)18-11-15-19-16-13(21-15)7-4-10-17-16/h1-10H,11H2,(H,18,20). The van der Waals surface area contributed by atoms with Gasteiger partial charge in [0.1, 0.15) is 0 Å². The van der Waals surface area contributed by atoms with Gasteiger partial charge >= 0.3 is 0 Å². The second kappa shape index (κ2) is 6.00. The summed E-state index contributed by atoms with van der Waals surface area (Å²) in [5, 5.41) is 2.72. The van der Waals surface area contributed by atoms with Gasteiger partial charge in [-0.1, -0.05) is 30.3 Å². The highest BCUT2D eigenvalue weighted by Gasteiger charge is 2.06. The van der Waals surface area contributed by atoms with Crippen LogP contribution in [0.5, 0.6) is 0 Å². The fourth-order valence-electron chi connectivity index (χ4n) is 1.85. The van der Waals surface area contributed by atoms with Crippen molar-refractivity contribution in [1.82, 2.24) is 15.3 Å². The first-order valence-electron chi connectivity index (χ1n) is 6.53. The van der Waals surface area contributed by atoms with Gasteiger partial charge in [-0.25, -0.2) is 4.98 Å². The predicted octanol–water partition coefficient (Wildman–Crippen LogP) is 2.55. The Morgan fingerprint density at radius 3 is 2.86 bits per heavy atom. The second-order valence-corrected chi connectivity index (χ2v) is 4.39. The summed E-state index contributed by atoms with van der Waals surface area (Å²) in [6.07, 6.45) is 4.88. The molecule has 1 aromatic carbocycles. The summed E-state index contributed by atoms with van der Waals surface area (Å²) >= 11 is 0. The van der Waals surface area contributed by atoms with Gasteiger partial charge in [-0.05, 0) is 23.8 Å². The van der Waals surface area contributed by atoms with Crippen LogP contribution in [0.4, 0.5) is 0 Å². The number of aromatic nitrogens is 2. The van der Waals surface area contributed by atoms with Crippen molar-refractivity contribution in [2.75, 3.05) is 0 Å². The quantitative estimate of drug-likeness (QED) is 0.745. The Balaban J connectivity index is 1.59. The number of amides is 1. The topological polar surface area (TPSA) is 68.0 Å². The monoisotopic (exact) mass is 279 g/mol. The molecule has 0 unspecified atom stereocenters. The zero-order valence-electron chi connectivity index (χ0n) is 11.2.